The highest BCUT2D eigenvalue weighted by atomic mass is 19.1. The lowest BCUT2D eigenvalue weighted by Crippen LogP contribution is -2.59. The second kappa shape index (κ2) is 8.69. The molecule has 0 N–H and O–H groups in total. The number of hydrogen-bond donors (Lipinski definition) is 0. The Kier molecular flexibility index (Phi) is 5.83. The van der Waals surface area contributed by atoms with Gasteiger partial charge in [0, 0.05) is 45.0 Å². The summed E-state index contributed by atoms with van der Waals surface area (Å²) in [6.45, 7) is 3.02. The fourth-order valence-corrected chi connectivity index (χ4v) is 3.73. The van der Waals surface area contributed by atoms with Gasteiger partial charge in [-0.2, -0.15) is 0 Å². The number of halogens is 2. The maximum absolute atomic E-state index is 13.5. The van der Waals surface area contributed by atoms with E-state index in [1.807, 2.05) is 4.90 Å². The fourth-order valence-electron chi connectivity index (χ4n) is 3.73. The van der Waals surface area contributed by atoms with Crippen LogP contribution < -0.4 is 9.64 Å². The molecule has 0 radical (unpaired) electrons. The molecule has 0 saturated carbocycles. The third-order valence-corrected chi connectivity index (χ3v) is 5.55. The number of benzene rings is 2. The Morgan fingerprint density at radius 2 is 1.57 bits per heavy atom. The summed E-state index contributed by atoms with van der Waals surface area (Å²) in [5.41, 5.74) is 0.943. The van der Waals surface area contributed by atoms with Gasteiger partial charge in [0.1, 0.15) is 5.82 Å². The van der Waals surface area contributed by atoms with Crippen molar-refractivity contribution in [3.8, 4) is 5.75 Å². The average molecular weight is 415 g/mol. The molecule has 0 unspecified atom stereocenters. The molecule has 158 valence electrons. The second-order valence-corrected chi connectivity index (χ2v) is 7.50. The van der Waals surface area contributed by atoms with Gasteiger partial charge in [0.15, 0.2) is 18.2 Å². The fraction of sp³-hybridized carbons (Fsp3) is 0.364. The molecule has 8 heteroatoms. The highest BCUT2D eigenvalue weighted by molar-refractivity contribution is 5.85. The minimum Gasteiger partial charge on any atom is -0.481 e. The van der Waals surface area contributed by atoms with Crippen molar-refractivity contribution in [3.05, 3.63) is 60.2 Å². The van der Waals surface area contributed by atoms with Gasteiger partial charge in [-0.15, -0.1) is 0 Å². The highest BCUT2D eigenvalue weighted by Crippen LogP contribution is 2.22. The van der Waals surface area contributed by atoms with Gasteiger partial charge in [0.2, 0.25) is 5.91 Å². The molecule has 2 amide bonds. The molecule has 2 fully saturated rings. The molecule has 4 rings (SSSR count). The molecule has 6 nitrogen and oxygen atoms in total. The molecule has 2 aromatic carbocycles. The zero-order chi connectivity index (χ0) is 21.1. The number of piperazine rings is 1. The summed E-state index contributed by atoms with van der Waals surface area (Å²) in [5.74, 6) is -1.16. The summed E-state index contributed by atoms with van der Waals surface area (Å²) < 4.78 is 31.9. The van der Waals surface area contributed by atoms with Crippen molar-refractivity contribution in [1.29, 1.82) is 0 Å². The van der Waals surface area contributed by atoms with E-state index >= 15 is 0 Å². The Hall–Kier alpha value is -3.16. The lowest BCUT2D eigenvalue weighted by molar-refractivity contribution is -0.149. The van der Waals surface area contributed by atoms with Crippen LogP contribution in [0.3, 0.4) is 0 Å². The van der Waals surface area contributed by atoms with E-state index in [0.717, 1.165) is 5.69 Å². The first-order chi connectivity index (χ1) is 14.5. The molecule has 2 aliphatic heterocycles. The third-order valence-electron chi connectivity index (χ3n) is 5.55. The minimum atomic E-state index is -0.512. The van der Waals surface area contributed by atoms with Crippen LogP contribution in [-0.2, 0) is 9.59 Å². The molecule has 0 aromatic heterocycles. The number of ether oxygens (including phenoxy) is 1. The summed E-state index contributed by atoms with van der Waals surface area (Å²) in [6.07, 6.45) is 0. The summed E-state index contributed by atoms with van der Waals surface area (Å²) in [7, 11) is 0. The van der Waals surface area contributed by atoms with Crippen molar-refractivity contribution in [3.63, 3.8) is 0 Å². The van der Waals surface area contributed by atoms with Crippen molar-refractivity contribution in [1.82, 2.24) is 9.80 Å². The first kappa shape index (κ1) is 20.1. The molecule has 2 saturated heterocycles. The van der Waals surface area contributed by atoms with Crippen LogP contribution in [0.15, 0.2) is 48.5 Å². The predicted octanol–water partition coefficient (Wildman–Crippen LogP) is 2.15. The van der Waals surface area contributed by atoms with Crippen LogP contribution in [0.2, 0.25) is 0 Å². The number of anilines is 1. The monoisotopic (exact) mass is 415 g/mol. The molecule has 0 spiro atoms. The Labute approximate surface area is 173 Å². The molecule has 0 aliphatic carbocycles. The normalized spacial score (nSPS) is 16.9. The Balaban J connectivity index is 1.20. The smallest absolute Gasteiger partial charge is 0.260 e. The van der Waals surface area contributed by atoms with Gasteiger partial charge in [-0.05, 0) is 36.4 Å². The van der Waals surface area contributed by atoms with Gasteiger partial charge in [-0.1, -0.05) is 12.1 Å². The molecule has 2 heterocycles. The van der Waals surface area contributed by atoms with Gasteiger partial charge in [0.25, 0.3) is 5.91 Å². The van der Waals surface area contributed by atoms with E-state index in [9.17, 15) is 18.4 Å². The van der Waals surface area contributed by atoms with Crippen LogP contribution in [0, 0.1) is 17.6 Å². The topological polar surface area (TPSA) is 53.1 Å². The number of amides is 2. The molecule has 2 aliphatic rings. The minimum absolute atomic E-state index is 0.0398. The van der Waals surface area contributed by atoms with Crippen molar-refractivity contribution in [2.75, 3.05) is 50.8 Å². The molecule has 0 bridgehead atoms. The summed E-state index contributed by atoms with van der Waals surface area (Å²) in [6, 6.07) is 12.3. The number of hydrogen-bond acceptors (Lipinski definition) is 4. The number of likely N-dealkylation sites (tertiary alicyclic amines) is 1. The zero-order valence-corrected chi connectivity index (χ0v) is 16.5. The first-order valence-electron chi connectivity index (χ1n) is 9.95. The van der Waals surface area contributed by atoms with Gasteiger partial charge >= 0.3 is 0 Å². The van der Waals surface area contributed by atoms with Crippen LogP contribution in [0.5, 0.6) is 5.75 Å². The van der Waals surface area contributed by atoms with Gasteiger partial charge in [0.05, 0.1) is 5.92 Å². The Morgan fingerprint density at radius 1 is 0.900 bits per heavy atom. The lowest BCUT2D eigenvalue weighted by atomic mass is 9.98. The van der Waals surface area contributed by atoms with Crippen LogP contribution in [0.1, 0.15) is 0 Å². The van der Waals surface area contributed by atoms with Crippen molar-refractivity contribution < 1.29 is 23.1 Å². The van der Waals surface area contributed by atoms with Crippen LogP contribution >= 0.6 is 0 Å². The van der Waals surface area contributed by atoms with E-state index in [1.165, 1.54) is 24.3 Å². The number of carbonyl (C=O) groups excluding carboxylic acids is 2. The highest BCUT2D eigenvalue weighted by Gasteiger charge is 2.38. The second-order valence-electron chi connectivity index (χ2n) is 7.50. The maximum atomic E-state index is 13.5. The van der Waals surface area contributed by atoms with Crippen molar-refractivity contribution in [2.24, 2.45) is 5.92 Å². The molecular weight excluding hydrogens is 392 g/mol. The van der Waals surface area contributed by atoms with E-state index < -0.39 is 5.82 Å². The van der Waals surface area contributed by atoms with Crippen molar-refractivity contribution in [2.45, 2.75) is 0 Å². The van der Waals surface area contributed by atoms with E-state index in [0.29, 0.717) is 39.3 Å². The van der Waals surface area contributed by atoms with Gasteiger partial charge in [-0.25, -0.2) is 8.78 Å². The van der Waals surface area contributed by atoms with Crippen molar-refractivity contribution >= 4 is 17.5 Å². The molecule has 0 atom stereocenters. The van der Waals surface area contributed by atoms with Crippen LogP contribution in [0.25, 0.3) is 0 Å². The van der Waals surface area contributed by atoms with Crippen LogP contribution in [-0.4, -0.2) is 67.5 Å². The average Bonchev–Trinajstić information content (AvgIpc) is 2.73. The molecule has 30 heavy (non-hydrogen) atoms. The Bertz CT molecular complexity index is 908. The Morgan fingerprint density at radius 3 is 2.23 bits per heavy atom. The SMILES string of the molecule is O=C(COc1ccccc1F)N1CC(C(=O)N2CCN(c3ccc(F)cc3)CC2)C1. The quantitative estimate of drug-likeness (QED) is 0.751. The lowest BCUT2D eigenvalue weighted by Gasteiger charge is -2.43. The maximum Gasteiger partial charge on any atom is 0.260 e. The number of carbonyl (C=O) groups is 2. The number of para-hydroxylation sites is 1. The van der Waals surface area contributed by atoms with Crippen LogP contribution in [0.4, 0.5) is 14.5 Å². The first-order valence-corrected chi connectivity index (χ1v) is 9.95. The van der Waals surface area contributed by atoms with E-state index in [1.54, 1.807) is 29.2 Å². The van der Waals surface area contributed by atoms with Gasteiger partial charge < -0.3 is 19.4 Å². The van der Waals surface area contributed by atoms with E-state index in [-0.39, 0.29) is 35.9 Å². The largest absolute Gasteiger partial charge is 0.481 e. The zero-order valence-electron chi connectivity index (χ0n) is 16.5. The van der Waals surface area contributed by atoms with Gasteiger partial charge in [-0.3, -0.25) is 9.59 Å². The number of rotatable bonds is 5. The molecular formula is C22H23F2N3O3. The summed E-state index contributed by atoms with van der Waals surface area (Å²) in [4.78, 5) is 30.4. The summed E-state index contributed by atoms with van der Waals surface area (Å²) in [5, 5.41) is 0. The summed E-state index contributed by atoms with van der Waals surface area (Å²) >= 11 is 0. The van der Waals surface area contributed by atoms with E-state index in [4.69, 9.17) is 4.74 Å². The number of nitrogens with zero attached hydrogens (tertiary/aromatic N) is 3. The standard InChI is InChI=1S/C22H23F2N3O3/c23-17-5-7-18(8-6-17)25-9-11-26(12-10-25)22(29)16-13-27(14-16)21(28)15-30-20-4-2-1-3-19(20)24/h1-8,16H,9-15H2. The van der Waals surface area contributed by atoms with E-state index in [2.05, 4.69) is 4.90 Å². The third kappa shape index (κ3) is 4.37. The molecule has 2 aromatic rings. The predicted molar refractivity (Wildman–Crippen MR) is 107 cm³/mol.